The molecule has 46 heavy (non-hydrogen) atoms. The van der Waals surface area contributed by atoms with E-state index in [2.05, 4.69) is 160 Å². The van der Waals surface area contributed by atoms with E-state index in [9.17, 15) is 0 Å². The van der Waals surface area contributed by atoms with E-state index in [1.165, 1.54) is 44.5 Å². The summed E-state index contributed by atoms with van der Waals surface area (Å²) in [6.45, 7) is 23.7. The van der Waals surface area contributed by atoms with Crippen molar-refractivity contribution in [2.75, 3.05) is 0 Å². The molecule has 2 aliphatic rings. The molecule has 0 amide bonds. The smallest absolute Gasteiger partial charge is 1.00 e. The van der Waals surface area contributed by atoms with E-state index in [1.54, 1.807) is 24.8 Å². The van der Waals surface area contributed by atoms with E-state index in [1.807, 2.05) is 0 Å². The summed E-state index contributed by atoms with van der Waals surface area (Å²) in [5.41, 5.74) is 14.1. The molecule has 2 aliphatic carbocycles. The van der Waals surface area contributed by atoms with E-state index in [4.69, 9.17) is 0 Å². The van der Waals surface area contributed by atoms with Gasteiger partial charge in [-0.25, -0.2) is 0 Å². The second-order valence-electron chi connectivity index (χ2n) is 15.3. The molecule has 0 nitrogen and oxygen atoms in total. The average molecular weight is 743 g/mol. The van der Waals surface area contributed by atoms with Gasteiger partial charge < -0.3 is 24.8 Å². The first-order valence-corrected chi connectivity index (χ1v) is 24.1. The minimum Gasteiger partial charge on any atom is -1.00 e. The second kappa shape index (κ2) is 13.9. The zero-order chi connectivity index (χ0) is 31.6. The standard InChI is InChI=1S/C23H29.C14H14Si.C5H5.2ClH.Zr/c1-14-9-16-11-17-10-15(2)21(23(6,7)8)13-19(17)18(16)12-20(14)22(3,4)5;1-11-5-3-7-13(9-11)15-14-8-4-6-12(2)10-14;1-2-4-5-3-1;;;/h9,12-13H,11H2,1-8H3;3-10H,1-2H3;1-5H;2*1H;/q;;;;;+2/p-2. The van der Waals surface area contributed by atoms with Crippen molar-refractivity contribution in [3.05, 3.63) is 136 Å². The van der Waals surface area contributed by atoms with E-state index in [-0.39, 0.29) is 35.6 Å². The van der Waals surface area contributed by atoms with Crippen LogP contribution in [0.15, 0.2) is 91.0 Å². The topological polar surface area (TPSA) is 0 Å². The van der Waals surface area contributed by atoms with Crippen LogP contribution < -0.4 is 38.5 Å². The monoisotopic (exact) mass is 740 g/mol. The van der Waals surface area contributed by atoms with Crippen molar-refractivity contribution in [3.63, 3.8) is 0 Å². The van der Waals surface area contributed by atoms with Gasteiger partial charge in [0.2, 0.25) is 0 Å². The number of hydrogen-bond acceptors (Lipinski definition) is 0. The zero-order valence-corrected chi connectivity index (χ0v) is 34.2. The fraction of sp³-hybridized carbons (Fsp3) is 0.333. The molecule has 0 N–H and O–H groups in total. The Morgan fingerprint density at radius 1 is 0.652 bits per heavy atom. The molecule has 0 atom stereocenters. The Morgan fingerprint density at radius 3 is 1.67 bits per heavy atom. The van der Waals surface area contributed by atoms with Crippen molar-refractivity contribution in [1.29, 1.82) is 0 Å². The molecule has 0 unspecified atom stereocenters. The van der Waals surface area contributed by atoms with Gasteiger partial charge in [-0.1, -0.05) is 0 Å². The van der Waals surface area contributed by atoms with Crippen LogP contribution in [0, 0.1) is 27.7 Å². The van der Waals surface area contributed by atoms with E-state index in [0.717, 1.165) is 6.42 Å². The molecular weight excluding hydrogens is 695 g/mol. The Balaban J connectivity index is 0.00000240. The molecule has 4 aromatic rings. The van der Waals surface area contributed by atoms with Crippen molar-refractivity contribution >= 4 is 19.1 Å². The number of fused-ring (bicyclic) bond motifs is 3. The van der Waals surface area contributed by atoms with E-state index < -0.39 is 25.8 Å². The Hall–Kier alpha value is -1.96. The molecule has 0 radical (unpaired) electrons. The van der Waals surface area contributed by atoms with Crippen LogP contribution >= 0.6 is 0 Å². The average Bonchev–Trinajstić information content (AvgIpc) is 3.58. The van der Waals surface area contributed by atoms with Gasteiger partial charge in [-0.05, 0) is 0 Å². The molecule has 0 aromatic heterocycles. The Labute approximate surface area is 298 Å². The van der Waals surface area contributed by atoms with Crippen LogP contribution in [-0.2, 0) is 37.6 Å². The Morgan fingerprint density at radius 2 is 1.17 bits per heavy atom. The van der Waals surface area contributed by atoms with Gasteiger partial charge in [0.1, 0.15) is 0 Å². The summed E-state index contributed by atoms with van der Waals surface area (Å²) in [5.74, 6) is 0. The largest absolute Gasteiger partial charge is 1.00 e. The fourth-order valence-corrected chi connectivity index (χ4v) is 29.8. The summed E-state index contributed by atoms with van der Waals surface area (Å²) in [5, 5.41) is 3.19. The first-order valence-electron chi connectivity index (χ1n) is 16.3. The number of hydrogen-bond donors (Lipinski definition) is 0. The molecular formula is C42H48Cl2SiZr. The van der Waals surface area contributed by atoms with Crippen molar-refractivity contribution < 1.29 is 45.2 Å². The Kier molecular flexibility index (Phi) is 11.1. The summed E-state index contributed by atoms with van der Waals surface area (Å²) in [6, 6.07) is 26.8. The summed E-state index contributed by atoms with van der Waals surface area (Å²) in [7, 11) is 0. The van der Waals surface area contributed by atoms with Crippen LogP contribution in [0.4, 0.5) is 0 Å². The van der Waals surface area contributed by atoms with Crippen LogP contribution in [0.1, 0.15) is 86.1 Å². The third-order valence-electron chi connectivity index (χ3n) is 9.65. The maximum Gasteiger partial charge on any atom is -1.00 e. The van der Waals surface area contributed by atoms with Gasteiger partial charge in [0.05, 0.1) is 0 Å². The molecule has 0 heterocycles. The predicted molar refractivity (Wildman–Crippen MR) is 191 cm³/mol. The predicted octanol–water partition coefficient (Wildman–Crippen LogP) is 3.06. The van der Waals surface area contributed by atoms with Gasteiger partial charge in [-0.2, -0.15) is 0 Å². The van der Waals surface area contributed by atoms with Crippen LogP contribution in [0.2, 0.25) is 3.63 Å². The number of halogens is 2. The minimum absolute atomic E-state index is 0. The van der Waals surface area contributed by atoms with Crippen molar-refractivity contribution in [2.24, 2.45) is 0 Å². The SMILES string of the molecule is Cc1cccc([Si](c2cccc(C)c2)=[Zr+2]([c]2c(C)c(C(C)(C)C)cc3c2Cc2cc(C)c(C(C)(C)C)cc2-3)[CH]2C=CC=C2)c1.[Cl-].[Cl-]. The molecule has 0 aliphatic heterocycles. The van der Waals surface area contributed by atoms with Crippen molar-refractivity contribution in [2.45, 2.75) is 90.1 Å². The normalized spacial score (nSPS) is 13.4. The van der Waals surface area contributed by atoms with Gasteiger partial charge in [-0.15, -0.1) is 0 Å². The van der Waals surface area contributed by atoms with Gasteiger partial charge >= 0.3 is 276 Å². The molecule has 0 bridgehead atoms. The van der Waals surface area contributed by atoms with Crippen molar-refractivity contribution in [1.82, 2.24) is 0 Å². The quantitative estimate of drug-likeness (QED) is 0.249. The third-order valence-corrected chi connectivity index (χ3v) is 29.2. The first-order chi connectivity index (χ1) is 20.7. The van der Waals surface area contributed by atoms with Gasteiger partial charge in [0.15, 0.2) is 0 Å². The summed E-state index contributed by atoms with van der Waals surface area (Å²) >= 11 is -2.56. The van der Waals surface area contributed by atoms with Gasteiger partial charge in [0, 0.05) is 0 Å². The van der Waals surface area contributed by atoms with Crippen molar-refractivity contribution in [3.8, 4) is 11.1 Å². The molecule has 238 valence electrons. The van der Waals surface area contributed by atoms with Crippen LogP contribution in [0.25, 0.3) is 11.1 Å². The number of allylic oxidation sites excluding steroid dienone is 4. The molecule has 0 fully saturated rings. The molecule has 0 spiro atoms. The maximum absolute atomic E-state index is 2.61. The molecule has 4 heteroatoms. The fourth-order valence-electron chi connectivity index (χ4n) is 7.73. The number of aryl methyl sites for hydroxylation is 3. The van der Waals surface area contributed by atoms with Gasteiger partial charge in [0.25, 0.3) is 0 Å². The third kappa shape index (κ3) is 6.94. The molecule has 0 saturated heterocycles. The van der Waals surface area contributed by atoms with Crippen LogP contribution in [-0.4, -0.2) is 5.43 Å². The summed E-state index contributed by atoms with van der Waals surface area (Å²) in [6.07, 6.45) is 10.8. The Bertz CT molecular complexity index is 1840. The van der Waals surface area contributed by atoms with Crippen LogP contribution in [0.5, 0.6) is 0 Å². The van der Waals surface area contributed by atoms with Gasteiger partial charge in [-0.3, -0.25) is 0 Å². The van der Waals surface area contributed by atoms with E-state index in [0.29, 0.717) is 3.63 Å². The zero-order valence-electron chi connectivity index (χ0n) is 29.2. The number of rotatable bonds is 4. The second-order valence-corrected chi connectivity index (χ2v) is 29.0. The molecule has 0 saturated carbocycles. The molecule has 6 rings (SSSR count). The molecule has 4 aromatic carbocycles. The number of benzene rings is 4. The maximum atomic E-state index is 2.61. The first kappa shape index (κ1) is 36.9. The minimum atomic E-state index is -2.56. The summed E-state index contributed by atoms with van der Waals surface area (Å²) in [4.78, 5) is 0. The summed E-state index contributed by atoms with van der Waals surface area (Å²) < 4.78 is 2.36. The van der Waals surface area contributed by atoms with Crippen LogP contribution in [0.3, 0.4) is 0 Å². The van der Waals surface area contributed by atoms with E-state index >= 15 is 0 Å².